The summed E-state index contributed by atoms with van der Waals surface area (Å²) < 4.78 is 30.9. The minimum absolute atomic E-state index is 0.00268. The number of hydrogen-bond donors (Lipinski definition) is 2. The second-order valence-electron chi connectivity index (χ2n) is 19.7. The molecule has 1 saturated carbocycles. The number of esters is 5. The Bertz CT molecular complexity index is 2080. The normalized spacial score (nSPS) is 39.7. The molecule has 16 nitrogen and oxygen atoms in total. The van der Waals surface area contributed by atoms with Crippen molar-refractivity contribution < 1.29 is 62.7 Å². The Morgan fingerprint density at radius 3 is 1.70 bits per heavy atom. The van der Waals surface area contributed by atoms with Gasteiger partial charge in [-0.05, 0) is 67.2 Å². The maximum atomic E-state index is 15.0. The third-order valence-corrected chi connectivity index (χ3v) is 16.2. The minimum Gasteiger partial charge on any atom is -0.478 e. The number of ether oxygens (including phenoxy) is 5. The number of carboxylic acid groups (broad SMARTS) is 1. The number of rotatable bonds is 12. The monoisotopic (exact) mass is 889 g/mol. The van der Waals surface area contributed by atoms with Gasteiger partial charge in [0.25, 0.3) is 0 Å². The van der Waals surface area contributed by atoms with Gasteiger partial charge in [-0.1, -0.05) is 36.4 Å². The van der Waals surface area contributed by atoms with E-state index in [1.807, 2.05) is 51.5 Å². The van der Waals surface area contributed by atoms with Gasteiger partial charge in [0.1, 0.15) is 30.5 Å². The zero-order valence-corrected chi connectivity index (χ0v) is 37.8. The highest BCUT2D eigenvalue weighted by Crippen LogP contribution is 2.63. The minimum atomic E-state index is -1.71. The predicted molar refractivity (Wildman–Crippen MR) is 228 cm³/mol. The summed E-state index contributed by atoms with van der Waals surface area (Å²) in [4.78, 5) is 88.1. The number of aliphatic hydroxyl groups excluding tert-OH is 1. The molecule has 348 valence electrons. The van der Waals surface area contributed by atoms with E-state index in [1.54, 1.807) is 26.8 Å². The maximum absolute atomic E-state index is 15.0. The fourth-order valence-electron chi connectivity index (χ4n) is 12.3. The van der Waals surface area contributed by atoms with E-state index in [9.17, 15) is 34.2 Å². The van der Waals surface area contributed by atoms with Crippen molar-refractivity contribution in [1.29, 1.82) is 0 Å². The van der Waals surface area contributed by atoms with Crippen LogP contribution in [-0.4, -0.2) is 155 Å². The van der Waals surface area contributed by atoms with Crippen LogP contribution in [0.25, 0.3) is 0 Å². The van der Waals surface area contributed by atoms with Gasteiger partial charge in [0.05, 0.1) is 35.4 Å². The first-order chi connectivity index (χ1) is 30.4. The number of likely N-dealkylation sites (N-methyl/N-ethyl adjacent to an activating group) is 3. The summed E-state index contributed by atoms with van der Waals surface area (Å²) in [6.07, 6.45) is 3.80. The van der Waals surface area contributed by atoms with Gasteiger partial charge in [-0.25, -0.2) is 14.4 Å². The lowest BCUT2D eigenvalue weighted by Gasteiger charge is -2.55. The summed E-state index contributed by atoms with van der Waals surface area (Å²) in [5.41, 5.74) is -0.663. The highest BCUT2D eigenvalue weighted by Gasteiger charge is 2.72. The Morgan fingerprint density at radius 1 is 0.641 bits per heavy atom. The zero-order chi connectivity index (χ0) is 45.9. The molecule has 16 atom stereocenters. The van der Waals surface area contributed by atoms with E-state index in [1.165, 1.54) is 6.92 Å². The van der Waals surface area contributed by atoms with Crippen molar-refractivity contribution in [2.75, 3.05) is 21.1 Å². The summed E-state index contributed by atoms with van der Waals surface area (Å²) in [5.74, 6) is -7.37. The smallest absolute Gasteiger partial charge is 0.333 e. The van der Waals surface area contributed by atoms with Gasteiger partial charge in [0, 0.05) is 92.3 Å². The van der Waals surface area contributed by atoms with Crippen molar-refractivity contribution in [3.05, 3.63) is 59.2 Å². The van der Waals surface area contributed by atoms with Crippen LogP contribution in [0.5, 0.6) is 0 Å². The van der Waals surface area contributed by atoms with E-state index in [0.29, 0.717) is 68.9 Å². The number of fused-ring (bicyclic) bond motifs is 6. The molecule has 6 bridgehead atoms. The second-order valence-corrected chi connectivity index (χ2v) is 19.7. The summed E-state index contributed by atoms with van der Waals surface area (Å²) in [5, 5.41) is 19.9. The molecule has 6 aliphatic heterocycles. The molecule has 0 aromatic heterocycles. The van der Waals surface area contributed by atoms with Crippen LogP contribution in [-0.2, 0) is 52.5 Å². The average molecular weight is 890 g/mol. The predicted octanol–water partition coefficient (Wildman–Crippen LogP) is 3.54. The van der Waals surface area contributed by atoms with E-state index in [-0.39, 0.29) is 53.9 Å². The van der Waals surface area contributed by atoms with Gasteiger partial charge in [-0.15, -0.1) is 0 Å². The number of piperidine rings is 3. The molecule has 1 aliphatic carbocycles. The summed E-state index contributed by atoms with van der Waals surface area (Å²) >= 11 is 0. The number of benzene rings is 1. The highest BCUT2D eigenvalue weighted by molar-refractivity contribution is 5.96. The van der Waals surface area contributed by atoms with Crippen LogP contribution in [0, 0.1) is 17.3 Å². The number of nitrogens with zero attached hydrogens (tertiary/aromatic N) is 3. The van der Waals surface area contributed by atoms with Gasteiger partial charge in [-0.3, -0.25) is 29.1 Å². The van der Waals surface area contributed by atoms with E-state index in [2.05, 4.69) is 14.7 Å². The molecule has 2 N–H and O–H groups in total. The van der Waals surface area contributed by atoms with Gasteiger partial charge in [-0.2, -0.15) is 0 Å². The van der Waals surface area contributed by atoms with Crippen molar-refractivity contribution >= 4 is 35.8 Å². The number of carboxylic acids is 1. The van der Waals surface area contributed by atoms with E-state index >= 15 is 4.79 Å². The van der Waals surface area contributed by atoms with Gasteiger partial charge in [0.2, 0.25) is 0 Å². The highest BCUT2D eigenvalue weighted by atomic mass is 16.6. The van der Waals surface area contributed by atoms with E-state index in [4.69, 9.17) is 23.7 Å². The first kappa shape index (κ1) is 45.9. The molecule has 0 spiro atoms. The Labute approximate surface area is 374 Å². The molecule has 64 heavy (non-hydrogen) atoms. The fourth-order valence-corrected chi connectivity index (χ4v) is 12.3. The lowest BCUT2D eigenvalue weighted by molar-refractivity contribution is -0.210. The van der Waals surface area contributed by atoms with Crippen LogP contribution >= 0.6 is 0 Å². The number of aliphatic carboxylic acids is 1. The van der Waals surface area contributed by atoms with Gasteiger partial charge in [0.15, 0.2) is 0 Å². The molecule has 1 aromatic rings. The number of allylic oxidation sites excluding steroid dienone is 1. The lowest BCUT2D eigenvalue weighted by Crippen LogP contribution is -2.65. The first-order valence-corrected chi connectivity index (χ1v) is 22.9. The first-order valence-electron chi connectivity index (χ1n) is 22.9. The second kappa shape index (κ2) is 18.0. The average Bonchev–Trinajstić information content (AvgIpc) is 3.58. The van der Waals surface area contributed by atoms with Crippen molar-refractivity contribution in [2.24, 2.45) is 17.3 Å². The van der Waals surface area contributed by atoms with Gasteiger partial charge < -0.3 is 33.9 Å². The molecule has 1 aromatic carbocycles. The SMILES string of the molecule is CC=C(C)C(=O)OC1CC2CC(OC(=O)C3C(c4ccccc4)C(C(=O)OC4CC5CC(OC(=O)C=C(C)C(=O)O)CC4N5C)C3(C)C(=O)OC3CC4CC(O)CC3N4C)CC1N2C. The van der Waals surface area contributed by atoms with Crippen molar-refractivity contribution in [3.8, 4) is 0 Å². The molecule has 7 aliphatic rings. The molecule has 8 rings (SSSR count). The van der Waals surface area contributed by atoms with Crippen LogP contribution in [0.3, 0.4) is 0 Å². The summed E-state index contributed by atoms with van der Waals surface area (Å²) in [6.45, 7) is 6.43. The number of carbonyl (C=O) groups is 6. The topological polar surface area (TPSA) is 199 Å². The lowest BCUT2D eigenvalue weighted by atomic mass is 9.45. The third-order valence-electron chi connectivity index (χ3n) is 16.2. The van der Waals surface area contributed by atoms with E-state index < -0.39 is 83.5 Å². The Balaban J connectivity index is 1.06. The molecule has 6 saturated heterocycles. The number of carbonyl (C=O) groups excluding carboxylic acids is 5. The maximum Gasteiger partial charge on any atom is 0.333 e. The van der Waals surface area contributed by atoms with Crippen LogP contribution in [0.1, 0.15) is 97.0 Å². The van der Waals surface area contributed by atoms with Crippen LogP contribution in [0.2, 0.25) is 0 Å². The van der Waals surface area contributed by atoms with Crippen molar-refractivity contribution in [3.63, 3.8) is 0 Å². The fraction of sp³-hybridized carbons (Fsp3) is 0.667. The zero-order valence-electron chi connectivity index (χ0n) is 37.8. The van der Waals surface area contributed by atoms with Gasteiger partial charge >= 0.3 is 35.8 Å². The van der Waals surface area contributed by atoms with Crippen LogP contribution in [0.4, 0.5) is 0 Å². The van der Waals surface area contributed by atoms with Crippen molar-refractivity contribution in [1.82, 2.24) is 14.7 Å². The third kappa shape index (κ3) is 8.39. The number of aliphatic hydroxyl groups is 1. The van der Waals surface area contributed by atoms with E-state index in [0.717, 1.165) is 6.08 Å². The van der Waals surface area contributed by atoms with Crippen LogP contribution in [0.15, 0.2) is 53.6 Å². The molecule has 6 heterocycles. The molecular weight excluding hydrogens is 827 g/mol. The van der Waals surface area contributed by atoms with Crippen LogP contribution < -0.4 is 0 Å². The number of hydrogen-bond acceptors (Lipinski definition) is 15. The summed E-state index contributed by atoms with van der Waals surface area (Å²) in [6, 6.07) is 8.34. The molecule has 0 radical (unpaired) electrons. The Morgan fingerprint density at radius 2 is 1.14 bits per heavy atom. The Hall–Kier alpha value is -4.64. The molecule has 16 unspecified atom stereocenters. The molecular formula is C48H63N3O13. The standard InChI is InChI=1S/C48H63N3O13/c1-8-24(2)44(56)62-36-19-29-17-32(23-35(36)51(29)7)61-45(57)41-40(26-12-10-9-11-13-26)42(48(41,4)47(59)64-38-18-27-15-30(52)21-33(38)49(27)5)46(58)63-37-20-28-16-31(22-34(37)50(28)6)60-39(53)14-25(3)43(54)55/h8-14,27-38,40-42,52H,15-23H2,1-7H3,(H,54,55). The molecule has 0 amide bonds. The Kier molecular flexibility index (Phi) is 12.9. The largest absolute Gasteiger partial charge is 0.478 e. The van der Waals surface area contributed by atoms with Crippen molar-refractivity contribution in [2.45, 2.75) is 164 Å². The summed E-state index contributed by atoms with van der Waals surface area (Å²) in [7, 11) is 5.87. The quantitative estimate of drug-likeness (QED) is 0.175. The molecule has 7 fully saturated rings. The molecule has 16 heteroatoms.